The third-order valence-electron chi connectivity index (χ3n) is 5.76. The molecule has 4 N–H and O–H groups in total. The Morgan fingerprint density at radius 3 is 2.70 bits per heavy atom. The standard InChI is InChI=1S/C23H35BrO5S/c1-29-17(8-10-18-11-13-23(24)30-18)9-12-20-19(21(27)14-22(20)28)7-5-3-2-4-6-16(26)15-25/h3,5,9,11-13,16-17,19-22,25-28H,2,4,6-8,10,14-15H2,1H3/t16-,17+,19-,20-,21+,22-/m1/s1. The molecule has 7 heteroatoms. The molecule has 0 aliphatic heterocycles. The van der Waals surface area contributed by atoms with Gasteiger partial charge in [0.25, 0.3) is 0 Å². The maximum absolute atomic E-state index is 10.4. The molecule has 30 heavy (non-hydrogen) atoms. The van der Waals surface area contributed by atoms with Crippen LogP contribution in [-0.2, 0) is 11.2 Å². The van der Waals surface area contributed by atoms with E-state index in [1.165, 1.54) is 4.88 Å². The van der Waals surface area contributed by atoms with Crippen LogP contribution in [0.15, 0.2) is 40.2 Å². The van der Waals surface area contributed by atoms with E-state index in [0.717, 1.165) is 29.5 Å². The van der Waals surface area contributed by atoms with Gasteiger partial charge in [0.1, 0.15) is 0 Å². The number of aryl methyl sites for hydroxylation is 1. The lowest BCUT2D eigenvalue weighted by Gasteiger charge is -2.20. The third-order valence-corrected chi connectivity index (χ3v) is 7.45. The molecule has 0 spiro atoms. The van der Waals surface area contributed by atoms with Crippen molar-refractivity contribution in [3.63, 3.8) is 0 Å². The van der Waals surface area contributed by atoms with Crippen LogP contribution in [0.25, 0.3) is 0 Å². The summed E-state index contributed by atoms with van der Waals surface area (Å²) < 4.78 is 6.73. The van der Waals surface area contributed by atoms with Gasteiger partial charge < -0.3 is 25.2 Å². The maximum atomic E-state index is 10.4. The lowest BCUT2D eigenvalue weighted by atomic mass is 9.89. The van der Waals surface area contributed by atoms with Crippen LogP contribution in [-0.4, -0.2) is 58.6 Å². The summed E-state index contributed by atoms with van der Waals surface area (Å²) >= 11 is 5.22. The Morgan fingerprint density at radius 2 is 2.03 bits per heavy atom. The molecule has 1 aromatic heterocycles. The highest BCUT2D eigenvalue weighted by molar-refractivity contribution is 9.11. The summed E-state index contributed by atoms with van der Waals surface area (Å²) in [6.07, 6.45) is 11.6. The Morgan fingerprint density at radius 1 is 1.23 bits per heavy atom. The molecule has 5 nitrogen and oxygen atoms in total. The van der Waals surface area contributed by atoms with E-state index in [9.17, 15) is 15.3 Å². The second-order valence-electron chi connectivity index (χ2n) is 7.99. The maximum Gasteiger partial charge on any atom is 0.0771 e. The summed E-state index contributed by atoms with van der Waals surface area (Å²) in [5, 5.41) is 39.0. The molecule has 1 aliphatic carbocycles. The lowest BCUT2D eigenvalue weighted by Crippen LogP contribution is -2.20. The van der Waals surface area contributed by atoms with E-state index in [0.29, 0.717) is 19.3 Å². The molecule has 1 heterocycles. The van der Waals surface area contributed by atoms with Crippen molar-refractivity contribution in [1.82, 2.24) is 0 Å². The molecule has 1 saturated carbocycles. The zero-order chi connectivity index (χ0) is 21.9. The number of thiophene rings is 1. The van der Waals surface area contributed by atoms with Crippen LogP contribution in [0, 0.1) is 11.8 Å². The van der Waals surface area contributed by atoms with E-state index in [1.54, 1.807) is 18.4 Å². The lowest BCUT2D eigenvalue weighted by molar-refractivity contribution is 0.0868. The molecule has 0 unspecified atom stereocenters. The first kappa shape index (κ1) is 25.7. The van der Waals surface area contributed by atoms with Crippen LogP contribution in [0.2, 0.25) is 0 Å². The van der Waals surface area contributed by atoms with Gasteiger partial charge in [-0.2, -0.15) is 0 Å². The normalized spacial score (nSPS) is 26.7. The van der Waals surface area contributed by atoms with Crippen LogP contribution in [0.1, 0.15) is 43.4 Å². The van der Waals surface area contributed by atoms with E-state index >= 15 is 0 Å². The Hall–Kier alpha value is -0.540. The van der Waals surface area contributed by atoms with Crippen molar-refractivity contribution >= 4 is 27.3 Å². The van der Waals surface area contributed by atoms with Crippen LogP contribution < -0.4 is 0 Å². The minimum absolute atomic E-state index is 0.0127. The van der Waals surface area contributed by atoms with Crippen LogP contribution in [0.4, 0.5) is 0 Å². The van der Waals surface area contributed by atoms with E-state index in [4.69, 9.17) is 9.84 Å². The van der Waals surface area contributed by atoms with Crippen molar-refractivity contribution in [3.8, 4) is 0 Å². The molecule has 6 atom stereocenters. The molecule has 170 valence electrons. The topological polar surface area (TPSA) is 90.2 Å². The van der Waals surface area contributed by atoms with Crippen molar-refractivity contribution < 1.29 is 25.2 Å². The van der Waals surface area contributed by atoms with Gasteiger partial charge >= 0.3 is 0 Å². The molecule has 2 rings (SSSR count). The number of rotatable bonds is 13. The van der Waals surface area contributed by atoms with Crippen molar-refractivity contribution in [2.75, 3.05) is 13.7 Å². The van der Waals surface area contributed by atoms with Gasteiger partial charge in [0, 0.05) is 24.3 Å². The van der Waals surface area contributed by atoms with Gasteiger partial charge in [-0.1, -0.05) is 24.3 Å². The number of ether oxygens (including phenoxy) is 1. The van der Waals surface area contributed by atoms with Gasteiger partial charge in [-0.3, -0.25) is 0 Å². The van der Waals surface area contributed by atoms with Crippen molar-refractivity contribution in [2.45, 2.75) is 69.4 Å². The fraction of sp³-hybridized carbons (Fsp3) is 0.652. The molecule has 0 saturated heterocycles. The number of hydrogen-bond acceptors (Lipinski definition) is 6. The van der Waals surface area contributed by atoms with E-state index in [1.807, 2.05) is 12.2 Å². The summed E-state index contributed by atoms with van der Waals surface area (Å²) in [6, 6.07) is 4.18. The van der Waals surface area contributed by atoms with E-state index in [2.05, 4.69) is 40.2 Å². The first-order chi connectivity index (χ1) is 14.4. The number of halogens is 1. The van der Waals surface area contributed by atoms with Gasteiger partial charge in [0.2, 0.25) is 0 Å². The molecule has 0 bridgehead atoms. The molecule has 0 radical (unpaired) electrons. The highest BCUT2D eigenvalue weighted by atomic mass is 79.9. The summed E-state index contributed by atoms with van der Waals surface area (Å²) in [5.41, 5.74) is 0. The number of methoxy groups -OCH3 is 1. The first-order valence-corrected chi connectivity index (χ1v) is 12.3. The van der Waals surface area contributed by atoms with Crippen molar-refractivity contribution in [1.29, 1.82) is 0 Å². The number of hydrogen-bond donors (Lipinski definition) is 4. The minimum atomic E-state index is -0.644. The molecule has 1 aromatic rings. The molecular formula is C23H35BrO5S. The number of aliphatic hydroxyl groups is 4. The Bertz CT molecular complexity index is 662. The fourth-order valence-corrected chi connectivity index (χ4v) is 5.45. The van der Waals surface area contributed by atoms with Gasteiger partial charge in [0.15, 0.2) is 0 Å². The summed E-state index contributed by atoms with van der Waals surface area (Å²) in [4.78, 5) is 1.31. The monoisotopic (exact) mass is 502 g/mol. The summed E-state index contributed by atoms with van der Waals surface area (Å²) in [5.74, 6) is -0.101. The second-order valence-corrected chi connectivity index (χ2v) is 10.5. The van der Waals surface area contributed by atoms with Gasteiger partial charge in [-0.15, -0.1) is 11.3 Å². The average Bonchev–Trinajstić information content (AvgIpc) is 3.26. The predicted octanol–water partition coefficient (Wildman–Crippen LogP) is 3.84. The Labute approximate surface area is 192 Å². The fourth-order valence-electron chi connectivity index (χ4n) is 3.96. The highest BCUT2D eigenvalue weighted by Gasteiger charge is 2.39. The second kappa shape index (κ2) is 13.8. The third kappa shape index (κ3) is 8.54. The van der Waals surface area contributed by atoms with Crippen LogP contribution in [0.3, 0.4) is 0 Å². The summed E-state index contributed by atoms with van der Waals surface area (Å²) in [7, 11) is 1.70. The Kier molecular flexibility index (Phi) is 11.8. The minimum Gasteiger partial charge on any atom is -0.394 e. The van der Waals surface area contributed by atoms with Crippen LogP contribution in [0.5, 0.6) is 0 Å². The molecule has 0 amide bonds. The quantitative estimate of drug-likeness (QED) is 0.243. The number of allylic oxidation sites excluding steroid dienone is 2. The number of unbranched alkanes of at least 4 members (excludes halogenated alkanes) is 1. The van der Waals surface area contributed by atoms with E-state index < -0.39 is 18.3 Å². The van der Waals surface area contributed by atoms with Gasteiger partial charge in [-0.25, -0.2) is 0 Å². The van der Waals surface area contributed by atoms with Crippen LogP contribution >= 0.6 is 27.3 Å². The molecule has 0 aromatic carbocycles. The molecule has 1 fully saturated rings. The van der Waals surface area contributed by atoms with Crippen molar-refractivity contribution in [3.05, 3.63) is 45.1 Å². The Balaban J connectivity index is 1.84. The van der Waals surface area contributed by atoms with E-state index in [-0.39, 0.29) is 24.5 Å². The molecular weight excluding hydrogens is 468 g/mol. The zero-order valence-electron chi connectivity index (χ0n) is 17.6. The highest BCUT2D eigenvalue weighted by Crippen LogP contribution is 2.36. The SMILES string of the molecule is CO[C@H](C=C[C@@H]1[C@@H](CC=CCCC[C@@H](O)CO)[C@@H](O)C[C@H]1O)CCc1ccc(Br)s1. The predicted molar refractivity (Wildman–Crippen MR) is 125 cm³/mol. The number of aliphatic hydroxyl groups excluding tert-OH is 4. The first-order valence-electron chi connectivity index (χ1n) is 10.7. The van der Waals surface area contributed by atoms with Gasteiger partial charge in [0.05, 0.1) is 34.8 Å². The summed E-state index contributed by atoms with van der Waals surface area (Å²) in [6.45, 7) is -0.197. The zero-order valence-corrected chi connectivity index (χ0v) is 20.0. The smallest absolute Gasteiger partial charge is 0.0771 e. The average molecular weight is 503 g/mol. The van der Waals surface area contributed by atoms with Crippen molar-refractivity contribution in [2.24, 2.45) is 11.8 Å². The van der Waals surface area contributed by atoms with Gasteiger partial charge in [-0.05, 0) is 72.5 Å². The molecule has 1 aliphatic rings. The largest absolute Gasteiger partial charge is 0.394 e.